The third-order valence-electron chi connectivity index (χ3n) is 3.59. The van der Waals surface area contributed by atoms with Crippen molar-refractivity contribution in [2.24, 2.45) is 0 Å². The zero-order valence-electron chi connectivity index (χ0n) is 13.8. The van der Waals surface area contributed by atoms with E-state index >= 15 is 0 Å². The Morgan fingerprint density at radius 2 is 2.04 bits per heavy atom. The minimum Gasteiger partial charge on any atom is -0.383 e. The molecule has 0 N–H and O–H groups in total. The lowest BCUT2D eigenvalue weighted by Gasteiger charge is -2.18. The number of thiazole rings is 1. The van der Waals surface area contributed by atoms with Gasteiger partial charge in [-0.1, -0.05) is 6.07 Å². The molecule has 1 aromatic carbocycles. The molecular formula is C17H15N3O4S2. The number of rotatable bonds is 7. The van der Waals surface area contributed by atoms with Crippen LogP contribution in [0.25, 0.3) is 11.3 Å². The van der Waals surface area contributed by atoms with E-state index in [9.17, 15) is 14.9 Å². The molecule has 134 valence electrons. The van der Waals surface area contributed by atoms with E-state index in [0.29, 0.717) is 28.9 Å². The van der Waals surface area contributed by atoms with Gasteiger partial charge in [-0.15, -0.1) is 22.7 Å². The fourth-order valence-electron chi connectivity index (χ4n) is 2.27. The largest absolute Gasteiger partial charge is 0.383 e. The molecule has 0 aliphatic heterocycles. The molecule has 0 atom stereocenters. The number of methoxy groups -OCH3 is 1. The number of carbonyl (C=O) groups excluding carboxylic acids is 1. The highest BCUT2D eigenvalue weighted by molar-refractivity contribution is 7.14. The summed E-state index contributed by atoms with van der Waals surface area (Å²) >= 11 is 2.72. The molecule has 2 heterocycles. The van der Waals surface area contributed by atoms with E-state index in [1.807, 2.05) is 16.8 Å². The van der Waals surface area contributed by atoms with Crippen LogP contribution < -0.4 is 4.90 Å². The summed E-state index contributed by atoms with van der Waals surface area (Å²) in [7, 11) is 1.58. The van der Waals surface area contributed by atoms with Crippen molar-refractivity contribution in [2.75, 3.05) is 25.2 Å². The number of aromatic nitrogens is 1. The van der Waals surface area contributed by atoms with Gasteiger partial charge in [0, 0.05) is 30.2 Å². The predicted molar refractivity (Wildman–Crippen MR) is 102 cm³/mol. The summed E-state index contributed by atoms with van der Waals surface area (Å²) in [5.41, 5.74) is 1.45. The SMILES string of the molecule is COCCN(C(=O)c1cccs1)c1nc(-c2ccc([N+](=O)[O-])cc2)cs1. The van der Waals surface area contributed by atoms with Gasteiger partial charge < -0.3 is 4.74 Å². The van der Waals surface area contributed by atoms with Crippen molar-refractivity contribution < 1.29 is 14.5 Å². The molecule has 0 saturated carbocycles. The van der Waals surface area contributed by atoms with Gasteiger partial charge in [-0.25, -0.2) is 4.98 Å². The Bertz CT molecular complexity index is 891. The van der Waals surface area contributed by atoms with Gasteiger partial charge in [0.15, 0.2) is 5.13 Å². The fourth-order valence-corrected chi connectivity index (χ4v) is 3.80. The van der Waals surface area contributed by atoms with E-state index in [1.165, 1.54) is 34.8 Å². The molecule has 26 heavy (non-hydrogen) atoms. The minimum absolute atomic E-state index is 0.0267. The molecule has 9 heteroatoms. The van der Waals surface area contributed by atoms with Crippen LogP contribution in [0.3, 0.4) is 0 Å². The molecule has 0 saturated heterocycles. The maximum absolute atomic E-state index is 12.8. The van der Waals surface area contributed by atoms with Crippen molar-refractivity contribution >= 4 is 39.4 Å². The molecule has 0 aliphatic rings. The van der Waals surface area contributed by atoms with Crippen molar-refractivity contribution in [3.63, 3.8) is 0 Å². The first-order chi connectivity index (χ1) is 12.6. The van der Waals surface area contributed by atoms with E-state index < -0.39 is 4.92 Å². The summed E-state index contributed by atoms with van der Waals surface area (Å²) < 4.78 is 5.11. The molecule has 3 rings (SSSR count). The second kappa shape index (κ2) is 8.17. The Labute approximate surface area is 157 Å². The third kappa shape index (κ3) is 3.96. The molecule has 2 aromatic heterocycles. The summed E-state index contributed by atoms with van der Waals surface area (Å²) in [5.74, 6) is -0.123. The summed E-state index contributed by atoms with van der Waals surface area (Å²) in [5, 5.41) is 15.0. The Balaban J connectivity index is 1.86. The van der Waals surface area contributed by atoms with Crippen molar-refractivity contribution in [3.05, 3.63) is 62.1 Å². The first-order valence-electron chi connectivity index (χ1n) is 7.65. The van der Waals surface area contributed by atoms with E-state index in [1.54, 1.807) is 30.2 Å². The van der Waals surface area contributed by atoms with Gasteiger partial charge >= 0.3 is 0 Å². The number of thiophene rings is 1. The summed E-state index contributed by atoms with van der Waals surface area (Å²) in [6, 6.07) is 9.78. The zero-order chi connectivity index (χ0) is 18.5. The molecular weight excluding hydrogens is 374 g/mol. The van der Waals surface area contributed by atoms with Gasteiger partial charge in [0.1, 0.15) is 0 Å². The van der Waals surface area contributed by atoms with Crippen LogP contribution in [0, 0.1) is 10.1 Å². The average Bonchev–Trinajstić information content (AvgIpc) is 3.34. The zero-order valence-corrected chi connectivity index (χ0v) is 15.5. The first kappa shape index (κ1) is 18.2. The maximum atomic E-state index is 12.8. The Hall–Kier alpha value is -2.62. The van der Waals surface area contributed by atoms with E-state index in [0.717, 1.165) is 5.56 Å². The standard InChI is InChI=1S/C17H15N3O4S2/c1-24-9-8-19(16(21)15-3-2-10-25-15)17-18-14(11-26-17)12-4-6-13(7-5-12)20(22)23/h2-7,10-11H,8-9H2,1H3. The van der Waals surface area contributed by atoms with E-state index in [2.05, 4.69) is 4.98 Å². The van der Waals surface area contributed by atoms with E-state index in [-0.39, 0.29) is 11.6 Å². The summed E-state index contributed by atoms with van der Waals surface area (Å²) in [6.07, 6.45) is 0. The van der Waals surface area contributed by atoms with Crippen LogP contribution in [-0.2, 0) is 4.74 Å². The number of anilines is 1. The Morgan fingerprint density at radius 3 is 2.65 bits per heavy atom. The number of hydrogen-bond acceptors (Lipinski definition) is 7. The molecule has 0 unspecified atom stereocenters. The van der Waals surface area contributed by atoms with Gasteiger partial charge in [-0.2, -0.15) is 0 Å². The lowest BCUT2D eigenvalue weighted by Crippen LogP contribution is -2.33. The van der Waals surface area contributed by atoms with Crippen LogP contribution in [0.4, 0.5) is 10.8 Å². The van der Waals surface area contributed by atoms with Crippen LogP contribution in [-0.4, -0.2) is 36.1 Å². The van der Waals surface area contributed by atoms with Crippen LogP contribution in [0.5, 0.6) is 0 Å². The van der Waals surface area contributed by atoms with Gasteiger partial charge in [0.05, 0.1) is 28.6 Å². The van der Waals surface area contributed by atoms with Gasteiger partial charge in [-0.05, 0) is 23.6 Å². The lowest BCUT2D eigenvalue weighted by molar-refractivity contribution is -0.384. The number of non-ortho nitro benzene ring substituents is 1. The molecule has 1 amide bonds. The molecule has 0 radical (unpaired) electrons. The number of amides is 1. The predicted octanol–water partition coefficient (Wildman–Crippen LogP) is 4.07. The number of hydrogen-bond donors (Lipinski definition) is 0. The van der Waals surface area contributed by atoms with Crippen molar-refractivity contribution in [1.29, 1.82) is 0 Å². The highest BCUT2D eigenvalue weighted by Crippen LogP contribution is 2.29. The number of ether oxygens (including phenoxy) is 1. The number of nitro benzene ring substituents is 1. The molecule has 0 aliphatic carbocycles. The molecule has 3 aromatic rings. The second-order valence-corrected chi connectivity index (χ2v) is 7.03. The summed E-state index contributed by atoms with van der Waals surface area (Å²) in [4.78, 5) is 29.8. The number of nitrogens with zero attached hydrogens (tertiary/aromatic N) is 3. The van der Waals surface area contributed by atoms with Gasteiger partial charge in [-0.3, -0.25) is 19.8 Å². The minimum atomic E-state index is -0.442. The highest BCUT2D eigenvalue weighted by Gasteiger charge is 2.21. The number of benzene rings is 1. The molecule has 7 nitrogen and oxygen atoms in total. The smallest absolute Gasteiger partial charge is 0.270 e. The Kier molecular flexibility index (Phi) is 5.71. The van der Waals surface area contributed by atoms with Gasteiger partial charge in [0.25, 0.3) is 11.6 Å². The Morgan fingerprint density at radius 1 is 1.27 bits per heavy atom. The molecule has 0 bridgehead atoms. The number of nitro groups is 1. The highest BCUT2D eigenvalue weighted by atomic mass is 32.1. The normalized spacial score (nSPS) is 10.7. The fraction of sp³-hybridized carbons (Fsp3) is 0.176. The molecule has 0 fully saturated rings. The molecule has 0 spiro atoms. The van der Waals surface area contributed by atoms with Crippen LogP contribution >= 0.6 is 22.7 Å². The monoisotopic (exact) mass is 389 g/mol. The van der Waals surface area contributed by atoms with Gasteiger partial charge in [0.2, 0.25) is 0 Å². The third-order valence-corrected chi connectivity index (χ3v) is 5.31. The van der Waals surface area contributed by atoms with Crippen LogP contribution in [0.1, 0.15) is 9.67 Å². The van der Waals surface area contributed by atoms with E-state index in [4.69, 9.17) is 4.74 Å². The average molecular weight is 389 g/mol. The van der Waals surface area contributed by atoms with Crippen LogP contribution in [0.15, 0.2) is 47.2 Å². The topological polar surface area (TPSA) is 85.6 Å². The first-order valence-corrected chi connectivity index (χ1v) is 9.40. The van der Waals surface area contributed by atoms with Crippen molar-refractivity contribution in [2.45, 2.75) is 0 Å². The number of carbonyl (C=O) groups is 1. The lowest BCUT2D eigenvalue weighted by atomic mass is 10.1. The van der Waals surface area contributed by atoms with Crippen molar-refractivity contribution in [1.82, 2.24) is 4.98 Å². The van der Waals surface area contributed by atoms with Crippen molar-refractivity contribution in [3.8, 4) is 11.3 Å². The van der Waals surface area contributed by atoms with Crippen LogP contribution in [0.2, 0.25) is 0 Å². The maximum Gasteiger partial charge on any atom is 0.270 e. The quantitative estimate of drug-likeness (QED) is 0.449. The summed E-state index contributed by atoms with van der Waals surface area (Å²) in [6.45, 7) is 0.782. The second-order valence-electron chi connectivity index (χ2n) is 5.25.